The van der Waals surface area contributed by atoms with Crippen molar-refractivity contribution in [1.82, 2.24) is 25.0 Å². The number of piperidine rings is 1. The Morgan fingerprint density at radius 1 is 1.07 bits per heavy atom. The molecule has 7 nitrogen and oxygen atoms in total. The molecule has 1 saturated heterocycles. The van der Waals surface area contributed by atoms with E-state index in [1.807, 2.05) is 36.5 Å². The number of aromatic nitrogens is 4. The Labute approximate surface area is 158 Å². The van der Waals surface area contributed by atoms with Gasteiger partial charge in [0.25, 0.3) is 5.89 Å². The normalized spacial score (nSPS) is 18.3. The van der Waals surface area contributed by atoms with Gasteiger partial charge in [0.2, 0.25) is 5.82 Å². The van der Waals surface area contributed by atoms with Crippen LogP contribution in [0.15, 0.2) is 53.3 Å². The van der Waals surface area contributed by atoms with Crippen molar-refractivity contribution in [2.24, 2.45) is 0 Å². The molecular formula is C20H23N5O2. The van der Waals surface area contributed by atoms with Crippen LogP contribution in [0.5, 0.6) is 0 Å². The topological polar surface area (TPSA) is 77.2 Å². The lowest BCUT2D eigenvalue weighted by Crippen LogP contribution is -2.44. The molecule has 0 saturated carbocycles. The van der Waals surface area contributed by atoms with E-state index in [-0.39, 0.29) is 6.04 Å². The van der Waals surface area contributed by atoms with Gasteiger partial charge in [-0.2, -0.15) is 4.98 Å². The lowest BCUT2D eigenvalue weighted by atomic mass is 9.90. The van der Waals surface area contributed by atoms with Crippen LogP contribution >= 0.6 is 0 Å². The van der Waals surface area contributed by atoms with E-state index in [1.54, 1.807) is 13.3 Å². The van der Waals surface area contributed by atoms with Gasteiger partial charge in [0.1, 0.15) is 11.3 Å². The summed E-state index contributed by atoms with van der Waals surface area (Å²) in [6, 6.07) is 11.9. The first-order chi connectivity index (χ1) is 13.2. The van der Waals surface area contributed by atoms with E-state index in [0.717, 1.165) is 31.6 Å². The fraction of sp³-hybridized carbons (Fsp3) is 0.400. The number of likely N-dealkylation sites (tertiary alicyclic amines) is 1. The van der Waals surface area contributed by atoms with Crippen LogP contribution in [0.2, 0.25) is 0 Å². The Morgan fingerprint density at radius 2 is 1.81 bits per heavy atom. The minimum absolute atomic E-state index is 0.257. The van der Waals surface area contributed by atoms with E-state index in [2.05, 4.69) is 38.0 Å². The lowest BCUT2D eigenvalue weighted by molar-refractivity contribution is -0.0879. The molecule has 0 amide bonds. The zero-order valence-corrected chi connectivity index (χ0v) is 15.6. The number of rotatable bonds is 5. The van der Waals surface area contributed by atoms with Crippen molar-refractivity contribution < 1.29 is 9.26 Å². The van der Waals surface area contributed by atoms with Crippen molar-refractivity contribution in [2.75, 3.05) is 20.2 Å². The second kappa shape index (κ2) is 7.54. The van der Waals surface area contributed by atoms with Crippen LogP contribution in [0.1, 0.15) is 37.4 Å². The molecule has 3 aromatic heterocycles. The van der Waals surface area contributed by atoms with Crippen molar-refractivity contribution in [3.8, 4) is 11.5 Å². The number of pyridine rings is 2. The van der Waals surface area contributed by atoms with Gasteiger partial charge >= 0.3 is 0 Å². The molecule has 0 aliphatic carbocycles. The summed E-state index contributed by atoms with van der Waals surface area (Å²) in [4.78, 5) is 15.8. The van der Waals surface area contributed by atoms with E-state index >= 15 is 0 Å². The average Bonchev–Trinajstić information content (AvgIpc) is 3.25. The van der Waals surface area contributed by atoms with Crippen molar-refractivity contribution in [2.45, 2.75) is 31.4 Å². The van der Waals surface area contributed by atoms with Crippen LogP contribution in [0.4, 0.5) is 0 Å². The molecule has 0 radical (unpaired) electrons. The summed E-state index contributed by atoms with van der Waals surface area (Å²) < 4.78 is 11.5. The number of nitrogens with zero attached hydrogens (tertiary/aromatic N) is 5. The Bertz CT molecular complexity index is 860. The monoisotopic (exact) mass is 365 g/mol. The standard InChI is InChI=1S/C20H23N5O2/c1-15(16-7-3-5-11-21-16)25-13-9-20(26-2,10-14-25)19-23-18(24-27-19)17-8-4-6-12-22-17/h3-8,11-12,15H,9-10,13-14H2,1-2H3. The molecule has 140 valence electrons. The summed E-state index contributed by atoms with van der Waals surface area (Å²) in [6.07, 6.45) is 5.12. The van der Waals surface area contributed by atoms with Gasteiger partial charge < -0.3 is 9.26 Å². The van der Waals surface area contributed by atoms with Gasteiger partial charge in [-0.15, -0.1) is 0 Å². The first kappa shape index (κ1) is 17.8. The summed E-state index contributed by atoms with van der Waals surface area (Å²) in [5.74, 6) is 1.02. The van der Waals surface area contributed by atoms with Crippen LogP contribution < -0.4 is 0 Å². The molecular weight excluding hydrogens is 342 g/mol. The summed E-state index contributed by atoms with van der Waals surface area (Å²) in [7, 11) is 1.71. The van der Waals surface area contributed by atoms with Gasteiger partial charge in [0.15, 0.2) is 0 Å². The van der Waals surface area contributed by atoms with E-state index in [9.17, 15) is 0 Å². The van der Waals surface area contributed by atoms with Crippen molar-refractivity contribution in [3.05, 3.63) is 60.4 Å². The third-order valence-corrected chi connectivity index (χ3v) is 5.37. The molecule has 1 atom stereocenters. The van der Waals surface area contributed by atoms with Crippen molar-refractivity contribution >= 4 is 0 Å². The van der Waals surface area contributed by atoms with Gasteiger partial charge in [0, 0.05) is 38.6 Å². The van der Waals surface area contributed by atoms with Gasteiger partial charge in [-0.1, -0.05) is 17.3 Å². The van der Waals surface area contributed by atoms with Crippen LogP contribution in [0.3, 0.4) is 0 Å². The van der Waals surface area contributed by atoms with Crippen LogP contribution in [0, 0.1) is 0 Å². The first-order valence-corrected chi connectivity index (χ1v) is 9.17. The number of ether oxygens (including phenoxy) is 1. The zero-order valence-electron chi connectivity index (χ0n) is 15.6. The molecule has 0 aromatic carbocycles. The molecule has 1 aliphatic rings. The van der Waals surface area contributed by atoms with Gasteiger partial charge in [-0.25, -0.2) is 0 Å². The predicted octanol–water partition coefficient (Wildman–Crippen LogP) is 3.23. The highest BCUT2D eigenvalue weighted by atomic mass is 16.5. The van der Waals surface area contributed by atoms with E-state index in [1.165, 1.54) is 0 Å². The minimum atomic E-state index is -0.555. The Balaban J connectivity index is 1.50. The van der Waals surface area contributed by atoms with Gasteiger partial charge in [-0.05, 0) is 44.0 Å². The molecule has 7 heteroatoms. The van der Waals surface area contributed by atoms with Crippen LogP contribution in [-0.4, -0.2) is 45.2 Å². The summed E-state index contributed by atoms with van der Waals surface area (Å²) in [5.41, 5.74) is 1.22. The smallest absolute Gasteiger partial charge is 0.259 e. The summed E-state index contributed by atoms with van der Waals surface area (Å²) in [6.45, 7) is 3.92. The lowest BCUT2D eigenvalue weighted by Gasteiger charge is -2.40. The third-order valence-electron chi connectivity index (χ3n) is 5.37. The Kier molecular flexibility index (Phi) is 4.96. The maximum Gasteiger partial charge on any atom is 0.259 e. The molecule has 4 heterocycles. The van der Waals surface area contributed by atoms with Gasteiger partial charge in [0.05, 0.1) is 5.69 Å². The molecule has 0 spiro atoms. The Hall–Kier alpha value is -2.64. The largest absolute Gasteiger partial charge is 0.368 e. The molecule has 1 aliphatic heterocycles. The summed E-state index contributed by atoms with van der Waals surface area (Å²) in [5, 5.41) is 4.10. The number of hydrogen-bond donors (Lipinski definition) is 0. The first-order valence-electron chi connectivity index (χ1n) is 9.17. The van der Waals surface area contributed by atoms with E-state index < -0.39 is 5.60 Å². The molecule has 3 aromatic rings. The van der Waals surface area contributed by atoms with Crippen molar-refractivity contribution in [1.29, 1.82) is 0 Å². The molecule has 27 heavy (non-hydrogen) atoms. The maximum absolute atomic E-state index is 5.89. The van der Waals surface area contributed by atoms with E-state index in [0.29, 0.717) is 17.4 Å². The van der Waals surface area contributed by atoms with Crippen LogP contribution in [0.25, 0.3) is 11.5 Å². The van der Waals surface area contributed by atoms with Gasteiger partial charge in [-0.3, -0.25) is 14.9 Å². The SMILES string of the molecule is COC1(c2nc(-c3ccccn3)no2)CCN(C(C)c2ccccn2)CC1. The highest BCUT2D eigenvalue weighted by Gasteiger charge is 2.42. The number of hydrogen-bond acceptors (Lipinski definition) is 7. The molecule has 0 N–H and O–H groups in total. The third kappa shape index (κ3) is 3.48. The highest BCUT2D eigenvalue weighted by Crippen LogP contribution is 2.38. The molecule has 4 rings (SSSR count). The quantitative estimate of drug-likeness (QED) is 0.687. The summed E-state index contributed by atoms with van der Waals surface area (Å²) >= 11 is 0. The molecule has 0 bridgehead atoms. The fourth-order valence-electron chi connectivity index (χ4n) is 3.60. The average molecular weight is 365 g/mol. The highest BCUT2D eigenvalue weighted by molar-refractivity contribution is 5.47. The Morgan fingerprint density at radius 3 is 2.44 bits per heavy atom. The second-order valence-corrected chi connectivity index (χ2v) is 6.80. The zero-order chi connectivity index (χ0) is 18.7. The van der Waals surface area contributed by atoms with E-state index in [4.69, 9.17) is 9.26 Å². The maximum atomic E-state index is 5.89. The molecule has 1 unspecified atom stereocenters. The molecule has 1 fully saturated rings. The predicted molar refractivity (Wildman–Crippen MR) is 99.7 cm³/mol. The van der Waals surface area contributed by atoms with Crippen LogP contribution in [-0.2, 0) is 10.3 Å². The second-order valence-electron chi connectivity index (χ2n) is 6.80. The fourth-order valence-corrected chi connectivity index (χ4v) is 3.60. The van der Waals surface area contributed by atoms with Crippen molar-refractivity contribution in [3.63, 3.8) is 0 Å². The number of methoxy groups -OCH3 is 1. The minimum Gasteiger partial charge on any atom is -0.368 e.